The number of hydrogen-bond acceptors (Lipinski definition) is 4. The van der Waals surface area contributed by atoms with Crippen LogP contribution < -0.4 is 10.2 Å². The summed E-state index contributed by atoms with van der Waals surface area (Å²) >= 11 is 7.15. The normalized spacial score (nSPS) is 25.3. The topological polar surface area (TPSA) is 104 Å². The Morgan fingerprint density at radius 1 is 0.839 bits per heavy atom. The van der Waals surface area contributed by atoms with E-state index >= 15 is 0 Å². The molecule has 0 spiro atoms. The number of rotatable bonds is 4. The van der Waals surface area contributed by atoms with Crippen molar-refractivity contribution in [1.82, 2.24) is 0 Å². The monoisotopic (exact) mass is 548 g/mol. The van der Waals surface area contributed by atoms with Crippen molar-refractivity contribution < 1.29 is 24.3 Å². The SMILES string of the molecule is O=C(O)c1ccc(NC(=O)c2ccc(N3C(=O)[C@@H]4C[C@H](Br)[C@@H](Br)C[C@H]4C3=O)cc2)cc1. The van der Waals surface area contributed by atoms with Gasteiger partial charge >= 0.3 is 5.97 Å². The van der Waals surface area contributed by atoms with Crippen LogP contribution in [0.25, 0.3) is 0 Å². The Balaban J connectivity index is 1.48. The Morgan fingerprint density at radius 3 is 1.81 bits per heavy atom. The zero-order valence-corrected chi connectivity index (χ0v) is 19.3. The lowest BCUT2D eigenvalue weighted by Gasteiger charge is -2.29. The molecule has 2 aliphatic rings. The highest BCUT2D eigenvalue weighted by atomic mass is 79.9. The van der Waals surface area contributed by atoms with Crippen LogP contribution >= 0.6 is 31.9 Å². The van der Waals surface area contributed by atoms with Gasteiger partial charge in [0.1, 0.15) is 0 Å². The molecule has 0 aromatic heterocycles. The molecular weight excluding hydrogens is 532 g/mol. The predicted octanol–water partition coefficient (Wildman–Crippen LogP) is 4.06. The zero-order valence-electron chi connectivity index (χ0n) is 16.1. The number of aromatic carboxylic acids is 1. The molecule has 7 nitrogen and oxygen atoms in total. The van der Waals surface area contributed by atoms with Gasteiger partial charge in [0, 0.05) is 20.9 Å². The van der Waals surface area contributed by atoms with Crippen molar-refractivity contribution in [3.05, 3.63) is 59.7 Å². The van der Waals surface area contributed by atoms with E-state index in [9.17, 15) is 19.2 Å². The van der Waals surface area contributed by atoms with Gasteiger partial charge in [0.2, 0.25) is 11.8 Å². The third kappa shape index (κ3) is 4.16. The smallest absolute Gasteiger partial charge is 0.335 e. The van der Waals surface area contributed by atoms with Crippen molar-refractivity contribution in [2.24, 2.45) is 11.8 Å². The van der Waals surface area contributed by atoms with Crippen molar-refractivity contribution in [3.8, 4) is 0 Å². The summed E-state index contributed by atoms with van der Waals surface area (Å²) in [7, 11) is 0. The summed E-state index contributed by atoms with van der Waals surface area (Å²) in [5.41, 5.74) is 1.38. The van der Waals surface area contributed by atoms with Crippen molar-refractivity contribution >= 4 is 66.9 Å². The van der Waals surface area contributed by atoms with Gasteiger partial charge in [0.15, 0.2) is 0 Å². The second-order valence-corrected chi connectivity index (χ2v) is 9.96. The lowest BCUT2D eigenvalue weighted by Crippen LogP contribution is -2.34. The first-order valence-corrected chi connectivity index (χ1v) is 11.5. The number of halogens is 2. The summed E-state index contributed by atoms with van der Waals surface area (Å²) in [5, 5.41) is 11.6. The first kappa shape index (κ1) is 21.7. The number of anilines is 2. The summed E-state index contributed by atoms with van der Waals surface area (Å²) < 4.78 is 0. The Hall–Kier alpha value is -2.52. The number of nitrogens with one attached hydrogen (secondary N) is 1. The van der Waals surface area contributed by atoms with Crippen LogP contribution in [0.4, 0.5) is 11.4 Å². The minimum absolute atomic E-state index is 0.125. The maximum Gasteiger partial charge on any atom is 0.335 e. The highest BCUT2D eigenvalue weighted by Gasteiger charge is 2.52. The first-order valence-electron chi connectivity index (χ1n) is 9.67. The second kappa shape index (κ2) is 8.55. The molecule has 4 atom stereocenters. The van der Waals surface area contributed by atoms with Crippen LogP contribution in [0.1, 0.15) is 33.6 Å². The first-order chi connectivity index (χ1) is 14.8. The summed E-state index contributed by atoms with van der Waals surface area (Å²) in [6, 6.07) is 12.1. The fourth-order valence-electron chi connectivity index (χ4n) is 4.01. The van der Waals surface area contributed by atoms with E-state index in [1.165, 1.54) is 29.2 Å². The molecule has 3 amide bonds. The molecule has 1 aliphatic heterocycles. The van der Waals surface area contributed by atoms with Gasteiger partial charge in [0.25, 0.3) is 5.91 Å². The Kier molecular flexibility index (Phi) is 5.98. The van der Waals surface area contributed by atoms with E-state index < -0.39 is 5.97 Å². The van der Waals surface area contributed by atoms with Gasteiger partial charge in [0.05, 0.1) is 23.1 Å². The van der Waals surface area contributed by atoms with E-state index in [-0.39, 0.29) is 44.8 Å². The number of hydrogen-bond donors (Lipinski definition) is 2. The van der Waals surface area contributed by atoms with Crippen LogP contribution in [0.2, 0.25) is 0 Å². The lowest BCUT2D eigenvalue weighted by atomic mass is 9.81. The minimum atomic E-state index is -1.04. The number of nitrogens with zero attached hydrogens (tertiary/aromatic N) is 1. The molecule has 2 aromatic rings. The standard InChI is InChI=1S/C22H18Br2N2O5/c23-17-9-15-16(10-18(17)24)21(29)26(20(15)28)14-7-3-11(4-8-14)19(27)25-13-5-1-12(2-6-13)22(30)31/h1-8,15-18H,9-10H2,(H,25,27)(H,30,31)/t15-,16-,17+,18+/m1/s1. The molecule has 1 saturated heterocycles. The predicted molar refractivity (Wildman–Crippen MR) is 122 cm³/mol. The van der Waals surface area contributed by atoms with Gasteiger partial charge < -0.3 is 10.4 Å². The zero-order chi connectivity index (χ0) is 22.3. The fourth-order valence-corrected chi connectivity index (χ4v) is 5.25. The van der Waals surface area contributed by atoms with Crippen LogP contribution in [-0.4, -0.2) is 38.5 Å². The van der Waals surface area contributed by atoms with E-state index in [4.69, 9.17) is 5.11 Å². The van der Waals surface area contributed by atoms with Crippen LogP contribution in [0, 0.1) is 11.8 Å². The third-order valence-corrected chi connectivity index (χ3v) is 8.42. The number of carboxylic acid groups (broad SMARTS) is 1. The van der Waals surface area contributed by atoms with Crippen molar-refractivity contribution in [3.63, 3.8) is 0 Å². The Labute approximate surface area is 195 Å². The van der Waals surface area contributed by atoms with Crippen LogP contribution in [-0.2, 0) is 9.59 Å². The van der Waals surface area contributed by atoms with Crippen molar-refractivity contribution in [1.29, 1.82) is 0 Å². The van der Waals surface area contributed by atoms with Gasteiger partial charge in [-0.2, -0.15) is 0 Å². The van der Waals surface area contributed by atoms with Gasteiger partial charge in [-0.15, -0.1) is 0 Å². The maximum absolute atomic E-state index is 12.9. The largest absolute Gasteiger partial charge is 0.478 e. The molecule has 2 N–H and O–H groups in total. The number of fused-ring (bicyclic) bond motifs is 1. The number of carboxylic acids is 1. The third-order valence-electron chi connectivity index (χ3n) is 5.69. The molecule has 0 unspecified atom stereocenters. The molecular formula is C22H18Br2N2O5. The molecule has 0 radical (unpaired) electrons. The van der Waals surface area contributed by atoms with E-state index in [0.717, 1.165) is 0 Å². The highest BCUT2D eigenvalue weighted by molar-refractivity contribution is 9.12. The van der Waals surface area contributed by atoms with E-state index in [2.05, 4.69) is 37.2 Å². The average Bonchev–Trinajstić information content (AvgIpc) is 2.98. The molecule has 1 heterocycles. The van der Waals surface area contributed by atoms with E-state index in [1.54, 1.807) is 24.3 Å². The number of alkyl halides is 2. The Bertz CT molecular complexity index is 1030. The van der Waals surface area contributed by atoms with Crippen molar-refractivity contribution in [2.75, 3.05) is 10.2 Å². The second-order valence-electron chi connectivity index (χ2n) is 7.61. The molecule has 0 bridgehead atoms. The van der Waals surface area contributed by atoms with Gasteiger partial charge in [-0.05, 0) is 61.4 Å². The number of amides is 3. The van der Waals surface area contributed by atoms with Crippen molar-refractivity contribution in [2.45, 2.75) is 22.5 Å². The van der Waals surface area contributed by atoms with Crippen LogP contribution in [0.15, 0.2) is 48.5 Å². The molecule has 1 aliphatic carbocycles. The average molecular weight is 550 g/mol. The summed E-state index contributed by atoms with van der Waals surface area (Å²) in [6.07, 6.45) is 1.20. The molecule has 160 valence electrons. The molecule has 9 heteroatoms. The fraction of sp³-hybridized carbons (Fsp3) is 0.273. The van der Waals surface area contributed by atoms with E-state index in [1.807, 2.05) is 0 Å². The van der Waals surface area contributed by atoms with Gasteiger partial charge in [-0.1, -0.05) is 31.9 Å². The quantitative estimate of drug-likeness (QED) is 0.442. The number of carbonyl (C=O) groups is 4. The van der Waals surface area contributed by atoms with Crippen LogP contribution in [0.3, 0.4) is 0 Å². The lowest BCUT2D eigenvalue weighted by molar-refractivity contribution is -0.122. The number of carbonyl (C=O) groups excluding carboxylic acids is 3. The molecule has 1 saturated carbocycles. The molecule has 2 aromatic carbocycles. The molecule has 4 rings (SSSR count). The molecule has 31 heavy (non-hydrogen) atoms. The van der Waals surface area contributed by atoms with Gasteiger partial charge in [-0.25, -0.2) is 4.79 Å². The minimum Gasteiger partial charge on any atom is -0.478 e. The van der Waals surface area contributed by atoms with Gasteiger partial charge in [-0.3, -0.25) is 19.3 Å². The van der Waals surface area contributed by atoms with E-state index in [0.29, 0.717) is 29.8 Å². The number of imide groups is 1. The number of benzene rings is 2. The maximum atomic E-state index is 12.9. The Morgan fingerprint density at radius 2 is 1.32 bits per heavy atom. The van der Waals surface area contributed by atoms with Crippen LogP contribution in [0.5, 0.6) is 0 Å². The highest BCUT2D eigenvalue weighted by Crippen LogP contribution is 2.44. The molecule has 2 fully saturated rings. The summed E-state index contributed by atoms with van der Waals surface area (Å²) in [5.74, 6) is -2.49. The summed E-state index contributed by atoms with van der Waals surface area (Å²) in [4.78, 5) is 50.7. The summed E-state index contributed by atoms with van der Waals surface area (Å²) in [6.45, 7) is 0.